The Kier molecular flexibility index (Phi) is 6.52. The summed E-state index contributed by atoms with van der Waals surface area (Å²) in [5.41, 5.74) is 1.20. The molecule has 2 rings (SSSR count). The highest BCUT2D eigenvalue weighted by molar-refractivity contribution is 7.09. The molecule has 0 saturated heterocycles. The zero-order valence-electron chi connectivity index (χ0n) is 14.5. The lowest BCUT2D eigenvalue weighted by Gasteiger charge is -2.16. The van der Waals surface area contributed by atoms with Crippen LogP contribution in [0.3, 0.4) is 0 Å². The standard InChI is InChI=1S/C18H22N2O4S/c1-11(2)7-16(18(22)23)20-17(21)13-5-4-6-15(8-13)24-9-14-10-25-12(3)19-14/h4-6,8,10-11,16H,7,9H2,1-3H3,(H,20,21)(H,22,23)/t16-/m1/s1. The molecule has 0 aliphatic heterocycles. The summed E-state index contributed by atoms with van der Waals surface area (Å²) in [6, 6.07) is 5.77. The molecule has 0 saturated carbocycles. The van der Waals surface area contributed by atoms with Gasteiger partial charge < -0.3 is 15.2 Å². The number of hydrogen-bond donors (Lipinski definition) is 2. The van der Waals surface area contributed by atoms with E-state index < -0.39 is 17.9 Å². The third-order valence-electron chi connectivity index (χ3n) is 3.46. The molecule has 1 atom stereocenters. The highest BCUT2D eigenvalue weighted by atomic mass is 32.1. The van der Waals surface area contributed by atoms with Crippen LogP contribution < -0.4 is 10.1 Å². The van der Waals surface area contributed by atoms with Crippen LogP contribution in [-0.4, -0.2) is 28.0 Å². The fourth-order valence-corrected chi connectivity index (χ4v) is 2.89. The Labute approximate surface area is 150 Å². The smallest absolute Gasteiger partial charge is 0.326 e. The maximum absolute atomic E-state index is 12.3. The summed E-state index contributed by atoms with van der Waals surface area (Å²) < 4.78 is 5.66. The monoisotopic (exact) mass is 362 g/mol. The molecule has 6 nitrogen and oxygen atoms in total. The van der Waals surface area contributed by atoms with Gasteiger partial charge in [-0.05, 0) is 37.5 Å². The van der Waals surface area contributed by atoms with E-state index in [2.05, 4.69) is 10.3 Å². The number of hydrogen-bond acceptors (Lipinski definition) is 5. The fraction of sp³-hybridized carbons (Fsp3) is 0.389. The largest absolute Gasteiger partial charge is 0.487 e. The van der Waals surface area contributed by atoms with Crippen molar-refractivity contribution < 1.29 is 19.4 Å². The minimum absolute atomic E-state index is 0.164. The van der Waals surface area contributed by atoms with E-state index in [1.165, 1.54) is 0 Å². The minimum atomic E-state index is -1.03. The van der Waals surface area contributed by atoms with Crippen molar-refractivity contribution >= 4 is 23.2 Å². The van der Waals surface area contributed by atoms with E-state index in [0.717, 1.165) is 10.7 Å². The van der Waals surface area contributed by atoms with Crippen LogP contribution in [-0.2, 0) is 11.4 Å². The molecule has 1 amide bonds. The Morgan fingerprint density at radius 1 is 1.36 bits per heavy atom. The van der Waals surface area contributed by atoms with Gasteiger partial charge in [0.1, 0.15) is 18.4 Å². The Balaban J connectivity index is 2.01. The van der Waals surface area contributed by atoms with Crippen molar-refractivity contribution in [3.8, 4) is 5.75 Å². The van der Waals surface area contributed by atoms with Crippen molar-refractivity contribution in [2.75, 3.05) is 0 Å². The highest BCUT2D eigenvalue weighted by Crippen LogP contribution is 2.17. The summed E-state index contributed by atoms with van der Waals surface area (Å²) in [5, 5.41) is 14.7. The van der Waals surface area contributed by atoms with E-state index >= 15 is 0 Å². The second-order valence-electron chi connectivity index (χ2n) is 6.17. The number of ether oxygens (including phenoxy) is 1. The zero-order valence-corrected chi connectivity index (χ0v) is 15.3. The van der Waals surface area contributed by atoms with E-state index in [-0.39, 0.29) is 5.92 Å². The third-order valence-corrected chi connectivity index (χ3v) is 4.28. The summed E-state index contributed by atoms with van der Waals surface area (Å²) in [4.78, 5) is 27.9. The Hall–Kier alpha value is -2.41. The fourth-order valence-electron chi connectivity index (χ4n) is 2.29. The molecule has 25 heavy (non-hydrogen) atoms. The summed E-state index contributed by atoms with van der Waals surface area (Å²) in [5.74, 6) is -0.761. The maximum atomic E-state index is 12.3. The van der Waals surface area contributed by atoms with Crippen LogP contribution in [0.4, 0.5) is 0 Å². The second-order valence-corrected chi connectivity index (χ2v) is 7.23. The molecule has 0 unspecified atom stereocenters. The quantitative estimate of drug-likeness (QED) is 0.752. The van der Waals surface area contributed by atoms with E-state index in [0.29, 0.717) is 24.3 Å². The lowest BCUT2D eigenvalue weighted by atomic mass is 10.0. The van der Waals surface area contributed by atoms with Gasteiger partial charge in [-0.25, -0.2) is 9.78 Å². The van der Waals surface area contributed by atoms with Gasteiger partial charge in [-0.15, -0.1) is 11.3 Å². The van der Waals surface area contributed by atoms with Gasteiger partial charge in [0.2, 0.25) is 0 Å². The molecule has 1 heterocycles. The summed E-state index contributed by atoms with van der Waals surface area (Å²) >= 11 is 1.55. The topological polar surface area (TPSA) is 88.5 Å². The van der Waals surface area contributed by atoms with E-state index in [4.69, 9.17) is 4.74 Å². The predicted molar refractivity (Wildman–Crippen MR) is 96.0 cm³/mol. The number of carbonyl (C=O) groups is 2. The number of aromatic nitrogens is 1. The molecule has 7 heteroatoms. The van der Waals surface area contributed by atoms with Crippen LogP contribution in [0, 0.1) is 12.8 Å². The second kappa shape index (κ2) is 8.62. The number of amides is 1. The third kappa shape index (κ3) is 5.86. The van der Waals surface area contributed by atoms with E-state index in [1.54, 1.807) is 35.6 Å². The van der Waals surface area contributed by atoms with Crippen molar-refractivity contribution in [3.05, 3.63) is 45.9 Å². The number of nitrogens with zero attached hydrogens (tertiary/aromatic N) is 1. The number of rotatable bonds is 8. The maximum Gasteiger partial charge on any atom is 0.326 e. The molecule has 0 aliphatic rings. The van der Waals surface area contributed by atoms with Crippen LogP contribution in [0.2, 0.25) is 0 Å². The molecule has 1 aromatic heterocycles. The summed E-state index contributed by atoms with van der Waals surface area (Å²) in [7, 11) is 0. The van der Waals surface area contributed by atoms with Crippen molar-refractivity contribution in [1.29, 1.82) is 0 Å². The molecule has 0 spiro atoms. The van der Waals surface area contributed by atoms with Gasteiger partial charge in [0.05, 0.1) is 10.7 Å². The van der Waals surface area contributed by atoms with Gasteiger partial charge >= 0.3 is 5.97 Å². The van der Waals surface area contributed by atoms with Gasteiger partial charge in [0.25, 0.3) is 5.91 Å². The number of aryl methyl sites for hydroxylation is 1. The molecule has 134 valence electrons. The molecule has 0 fully saturated rings. The average molecular weight is 362 g/mol. The van der Waals surface area contributed by atoms with Crippen LogP contribution in [0.5, 0.6) is 5.75 Å². The molecular formula is C18H22N2O4S. The number of benzene rings is 1. The van der Waals surface area contributed by atoms with Gasteiger partial charge in [0, 0.05) is 10.9 Å². The first-order valence-electron chi connectivity index (χ1n) is 8.02. The van der Waals surface area contributed by atoms with Gasteiger partial charge in [-0.2, -0.15) is 0 Å². The molecular weight excluding hydrogens is 340 g/mol. The summed E-state index contributed by atoms with van der Waals surface area (Å²) in [6.07, 6.45) is 0.375. The molecule has 2 aromatic rings. The SMILES string of the molecule is Cc1nc(COc2cccc(C(=O)N[C@H](CC(C)C)C(=O)O)c2)cs1. The number of aliphatic carboxylic acids is 1. The van der Waals surface area contributed by atoms with Crippen molar-refractivity contribution in [2.45, 2.75) is 39.8 Å². The van der Waals surface area contributed by atoms with Gasteiger partial charge in [-0.3, -0.25) is 4.79 Å². The van der Waals surface area contributed by atoms with E-state index in [1.807, 2.05) is 26.2 Å². The first-order chi connectivity index (χ1) is 11.8. The highest BCUT2D eigenvalue weighted by Gasteiger charge is 2.21. The molecule has 0 aliphatic carbocycles. The molecule has 1 aromatic carbocycles. The first-order valence-corrected chi connectivity index (χ1v) is 8.90. The number of carboxylic acid groups (broad SMARTS) is 1. The van der Waals surface area contributed by atoms with Gasteiger partial charge in [-0.1, -0.05) is 19.9 Å². The Morgan fingerprint density at radius 2 is 2.12 bits per heavy atom. The van der Waals surface area contributed by atoms with Crippen molar-refractivity contribution in [2.24, 2.45) is 5.92 Å². The van der Waals surface area contributed by atoms with Crippen LogP contribution in [0.1, 0.15) is 41.3 Å². The van der Waals surface area contributed by atoms with Crippen LogP contribution in [0.25, 0.3) is 0 Å². The van der Waals surface area contributed by atoms with Crippen molar-refractivity contribution in [3.63, 3.8) is 0 Å². The normalized spacial score (nSPS) is 12.0. The molecule has 0 bridgehead atoms. The van der Waals surface area contributed by atoms with Crippen LogP contribution in [0.15, 0.2) is 29.6 Å². The average Bonchev–Trinajstić information content (AvgIpc) is 2.97. The minimum Gasteiger partial charge on any atom is -0.487 e. The van der Waals surface area contributed by atoms with Crippen LogP contribution >= 0.6 is 11.3 Å². The van der Waals surface area contributed by atoms with Gasteiger partial charge in [0.15, 0.2) is 0 Å². The van der Waals surface area contributed by atoms with Crippen molar-refractivity contribution in [1.82, 2.24) is 10.3 Å². The number of thiazole rings is 1. The summed E-state index contributed by atoms with van der Waals surface area (Å²) in [6.45, 7) is 6.07. The zero-order chi connectivity index (χ0) is 18.4. The number of carbonyl (C=O) groups excluding carboxylic acids is 1. The first kappa shape index (κ1) is 18.9. The lowest BCUT2D eigenvalue weighted by Crippen LogP contribution is -2.41. The number of carboxylic acids is 1. The van der Waals surface area contributed by atoms with E-state index in [9.17, 15) is 14.7 Å². The molecule has 2 N–H and O–H groups in total. The Morgan fingerprint density at radius 3 is 2.72 bits per heavy atom. The lowest BCUT2D eigenvalue weighted by molar-refractivity contribution is -0.139. The molecule has 0 radical (unpaired) electrons. The number of nitrogens with one attached hydrogen (secondary N) is 1. The Bertz CT molecular complexity index is 742. The predicted octanol–water partition coefficient (Wildman–Crippen LogP) is 3.26.